The van der Waals surface area contributed by atoms with Crippen LogP contribution in [0.25, 0.3) is 0 Å². The van der Waals surface area contributed by atoms with Gasteiger partial charge in [0.25, 0.3) is 0 Å². The van der Waals surface area contributed by atoms with E-state index < -0.39 is 0 Å². The fourth-order valence-corrected chi connectivity index (χ4v) is 1.34. The number of carbonyl (C=O) groups is 1. The van der Waals surface area contributed by atoms with Crippen molar-refractivity contribution in [3.63, 3.8) is 0 Å². The predicted octanol–water partition coefficient (Wildman–Crippen LogP) is 2.35. The van der Waals surface area contributed by atoms with Crippen molar-refractivity contribution in [1.29, 1.82) is 0 Å². The maximum Gasteiger partial charge on any atom is 0.224 e. The van der Waals surface area contributed by atoms with Gasteiger partial charge in [-0.1, -0.05) is 20.8 Å². The number of carbonyl (C=O) groups excluding carboxylic acids is 1. The molecule has 1 aromatic rings. The van der Waals surface area contributed by atoms with Crippen molar-refractivity contribution in [2.24, 2.45) is 5.41 Å². The molecule has 0 saturated heterocycles. The zero-order chi connectivity index (χ0) is 12.3. The number of anilines is 2. The lowest BCUT2D eigenvalue weighted by molar-refractivity contribution is -0.117. The van der Waals surface area contributed by atoms with Gasteiger partial charge in [0.1, 0.15) is 5.75 Å². The summed E-state index contributed by atoms with van der Waals surface area (Å²) in [6, 6.07) is 4.49. The van der Waals surface area contributed by atoms with Crippen LogP contribution in [-0.2, 0) is 4.79 Å². The number of phenolic OH excluding ortho intramolecular Hbond substituents is 1. The quantitative estimate of drug-likeness (QED) is 0.531. The molecular formula is C12H18N2O2. The number of amides is 1. The molecule has 0 unspecified atom stereocenters. The van der Waals surface area contributed by atoms with E-state index >= 15 is 0 Å². The fraction of sp³-hybridized carbons (Fsp3) is 0.417. The van der Waals surface area contributed by atoms with Crippen LogP contribution < -0.4 is 11.1 Å². The van der Waals surface area contributed by atoms with Crippen LogP contribution in [0.3, 0.4) is 0 Å². The Balaban J connectivity index is 2.70. The summed E-state index contributed by atoms with van der Waals surface area (Å²) < 4.78 is 0. The summed E-state index contributed by atoms with van der Waals surface area (Å²) in [6.45, 7) is 5.98. The molecular weight excluding hydrogens is 204 g/mol. The van der Waals surface area contributed by atoms with E-state index in [0.717, 1.165) is 0 Å². The Morgan fingerprint density at radius 2 is 2.06 bits per heavy atom. The van der Waals surface area contributed by atoms with Crippen molar-refractivity contribution in [2.75, 3.05) is 11.1 Å². The summed E-state index contributed by atoms with van der Waals surface area (Å²) in [5.41, 5.74) is 6.50. The second-order valence-electron chi connectivity index (χ2n) is 5.06. The van der Waals surface area contributed by atoms with Gasteiger partial charge in [0.15, 0.2) is 0 Å². The molecule has 0 fully saturated rings. The molecule has 4 N–H and O–H groups in total. The molecule has 88 valence electrons. The average molecular weight is 222 g/mol. The van der Waals surface area contributed by atoms with E-state index in [1.54, 1.807) is 6.07 Å². The van der Waals surface area contributed by atoms with Crippen molar-refractivity contribution >= 4 is 17.3 Å². The molecule has 0 atom stereocenters. The molecule has 0 spiro atoms. The minimum Gasteiger partial charge on any atom is -0.508 e. The van der Waals surface area contributed by atoms with Crippen molar-refractivity contribution in [1.82, 2.24) is 0 Å². The maximum atomic E-state index is 11.6. The number of benzene rings is 1. The Morgan fingerprint density at radius 1 is 1.44 bits per heavy atom. The molecule has 0 saturated carbocycles. The first-order valence-electron chi connectivity index (χ1n) is 5.16. The smallest absolute Gasteiger partial charge is 0.224 e. The van der Waals surface area contributed by atoms with Gasteiger partial charge in [-0.15, -0.1) is 0 Å². The van der Waals surface area contributed by atoms with Gasteiger partial charge in [0, 0.05) is 12.5 Å². The molecule has 0 bridgehead atoms. The van der Waals surface area contributed by atoms with Gasteiger partial charge >= 0.3 is 0 Å². The lowest BCUT2D eigenvalue weighted by atomic mass is 9.92. The molecule has 4 heteroatoms. The van der Waals surface area contributed by atoms with Crippen LogP contribution in [0, 0.1) is 5.41 Å². The first-order valence-corrected chi connectivity index (χ1v) is 5.16. The predicted molar refractivity (Wildman–Crippen MR) is 65.2 cm³/mol. The maximum absolute atomic E-state index is 11.6. The third kappa shape index (κ3) is 3.81. The van der Waals surface area contributed by atoms with Crippen LogP contribution >= 0.6 is 0 Å². The zero-order valence-corrected chi connectivity index (χ0v) is 9.87. The SMILES string of the molecule is CC(C)(C)CC(=O)Nc1ccc(O)cc1N. The van der Waals surface area contributed by atoms with Gasteiger partial charge in [-0.3, -0.25) is 4.79 Å². The topological polar surface area (TPSA) is 75.3 Å². The fourth-order valence-electron chi connectivity index (χ4n) is 1.34. The number of phenols is 1. The summed E-state index contributed by atoms with van der Waals surface area (Å²) >= 11 is 0. The third-order valence-electron chi connectivity index (χ3n) is 2.00. The Kier molecular flexibility index (Phi) is 3.42. The van der Waals surface area contributed by atoms with Gasteiger partial charge in [-0.05, 0) is 17.5 Å². The van der Waals surface area contributed by atoms with Gasteiger partial charge in [0.05, 0.1) is 11.4 Å². The van der Waals surface area contributed by atoms with Gasteiger partial charge in [0.2, 0.25) is 5.91 Å². The Bertz CT molecular complexity index is 394. The van der Waals surface area contributed by atoms with E-state index in [0.29, 0.717) is 17.8 Å². The number of hydrogen-bond donors (Lipinski definition) is 3. The van der Waals surface area contributed by atoms with Crippen LogP contribution in [0.1, 0.15) is 27.2 Å². The number of hydrogen-bond acceptors (Lipinski definition) is 3. The van der Waals surface area contributed by atoms with E-state index in [9.17, 15) is 4.79 Å². The minimum absolute atomic E-state index is 0.0598. The zero-order valence-electron chi connectivity index (χ0n) is 9.87. The first-order chi connectivity index (χ1) is 7.28. The van der Waals surface area contributed by atoms with Crippen LogP contribution in [-0.4, -0.2) is 11.0 Å². The lowest BCUT2D eigenvalue weighted by Crippen LogP contribution is -2.20. The normalized spacial score (nSPS) is 11.2. The van der Waals surface area contributed by atoms with Crippen LogP contribution in [0.15, 0.2) is 18.2 Å². The second kappa shape index (κ2) is 4.43. The average Bonchev–Trinajstić information content (AvgIpc) is 2.06. The molecule has 16 heavy (non-hydrogen) atoms. The molecule has 0 aliphatic rings. The molecule has 0 aromatic heterocycles. The summed E-state index contributed by atoms with van der Waals surface area (Å²) in [4.78, 5) is 11.6. The largest absolute Gasteiger partial charge is 0.508 e. The third-order valence-corrected chi connectivity index (χ3v) is 2.00. The van der Waals surface area contributed by atoms with Crippen LogP contribution in [0.4, 0.5) is 11.4 Å². The van der Waals surface area contributed by atoms with E-state index in [4.69, 9.17) is 10.8 Å². The summed E-state index contributed by atoms with van der Waals surface area (Å²) in [5.74, 6) is 0.0104. The van der Waals surface area contributed by atoms with Crippen molar-refractivity contribution in [3.05, 3.63) is 18.2 Å². The molecule has 1 rings (SSSR count). The van der Waals surface area contributed by atoms with Crippen LogP contribution in [0.5, 0.6) is 5.75 Å². The molecule has 0 aliphatic carbocycles. The number of nitrogens with two attached hydrogens (primary N) is 1. The highest BCUT2D eigenvalue weighted by molar-refractivity contribution is 5.94. The minimum atomic E-state index is -0.0788. The van der Waals surface area contributed by atoms with E-state index in [1.165, 1.54) is 12.1 Å². The van der Waals surface area contributed by atoms with Gasteiger partial charge in [-0.25, -0.2) is 0 Å². The summed E-state index contributed by atoms with van der Waals surface area (Å²) in [6.07, 6.45) is 0.424. The summed E-state index contributed by atoms with van der Waals surface area (Å²) in [5, 5.41) is 11.9. The highest BCUT2D eigenvalue weighted by Gasteiger charge is 2.16. The standard InChI is InChI=1S/C12H18N2O2/c1-12(2,3)7-11(16)14-10-5-4-8(15)6-9(10)13/h4-6,15H,7,13H2,1-3H3,(H,14,16). The Labute approximate surface area is 95.5 Å². The number of nitrogens with one attached hydrogen (secondary N) is 1. The number of nitrogen functional groups attached to an aromatic ring is 1. The molecule has 0 heterocycles. The van der Waals surface area contributed by atoms with Crippen molar-refractivity contribution in [2.45, 2.75) is 27.2 Å². The molecule has 0 radical (unpaired) electrons. The van der Waals surface area contributed by atoms with Crippen molar-refractivity contribution < 1.29 is 9.90 Å². The van der Waals surface area contributed by atoms with Gasteiger partial charge in [-0.2, -0.15) is 0 Å². The monoisotopic (exact) mass is 222 g/mol. The lowest BCUT2D eigenvalue weighted by Gasteiger charge is -2.17. The molecule has 0 aliphatic heterocycles. The van der Waals surface area contributed by atoms with E-state index in [2.05, 4.69) is 5.32 Å². The first kappa shape index (κ1) is 12.4. The Morgan fingerprint density at radius 3 is 2.56 bits per heavy atom. The molecule has 1 amide bonds. The van der Waals surface area contributed by atoms with Crippen molar-refractivity contribution in [3.8, 4) is 5.75 Å². The van der Waals surface area contributed by atoms with Gasteiger partial charge < -0.3 is 16.2 Å². The van der Waals surface area contributed by atoms with E-state index in [1.807, 2.05) is 20.8 Å². The molecule has 4 nitrogen and oxygen atoms in total. The number of rotatable bonds is 2. The second-order valence-corrected chi connectivity index (χ2v) is 5.06. The van der Waals surface area contributed by atoms with Crippen LogP contribution in [0.2, 0.25) is 0 Å². The highest BCUT2D eigenvalue weighted by Crippen LogP contribution is 2.25. The Hall–Kier alpha value is -1.71. The van der Waals surface area contributed by atoms with E-state index in [-0.39, 0.29) is 17.1 Å². The molecule has 1 aromatic carbocycles. The highest BCUT2D eigenvalue weighted by atomic mass is 16.3. The number of aromatic hydroxyl groups is 1. The summed E-state index contributed by atoms with van der Waals surface area (Å²) in [7, 11) is 0.